The third-order valence-corrected chi connectivity index (χ3v) is 11.2. The summed E-state index contributed by atoms with van der Waals surface area (Å²) in [4.78, 5) is 22.8. The molecule has 0 aromatic carbocycles. The number of ether oxygens (including phenoxy) is 2. The van der Waals surface area contributed by atoms with E-state index >= 15 is 0 Å². The number of likely N-dealkylation sites (N-methyl/N-ethyl adjacent to an activating group) is 1. The minimum atomic E-state index is -4.27. The lowest BCUT2D eigenvalue weighted by Gasteiger charge is -2.24. The van der Waals surface area contributed by atoms with E-state index < -0.39 is 13.9 Å². The zero-order valence-electron chi connectivity index (χ0n) is 38.1. The van der Waals surface area contributed by atoms with Gasteiger partial charge in [0.05, 0.1) is 34.4 Å². The molecule has 0 aliphatic rings. The van der Waals surface area contributed by atoms with Crippen molar-refractivity contribution in [3.8, 4) is 0 Å². The Balaban J connectivity index is 4.02. The summed E-state index contributed by atoms with van der Waals surface area (Å²) in [5.41, 5.74) is 0. The molecule has 336 valence electrons. The topological polar surface area (TPSA) is 91.3 Å². The first-order valence-electron chi connectivity index (χ1n) is 23.7. The predicted octanol–water partition coefficient (Wildman–Crippen LogP) is 14.2. The van der Waals surface area contributed by atoms with E-state index in [-0.39, 0.29) is 25.8 Å². The molecule has 9 heteroatoms. The first kappa shape index (κ1) is 55.7. The Bertz CT molecular complexity index is 1010. The number of nitrogens with zero attached hydrogens (tertiary/aromatic N) is 1. The third kappa shape index (κ3) is 45.7. The van der Waals surface area contributed by atoms with Crippen molar-refractivity contribution in [3.63, 3.8) is 0 Å². The molecule has 0 aliphatic carbocycles. The number of hydrogen-bond donors (Lipinski definition) is 1. The van der Waals surface area contributed by atoms with E-state index in [1.165, 1.54) is 141 Å². The summed E-state index contributed by atoms with van der Waals surface area (Å²) in [7, 11) is 1.67. The molecule has 2 atom stereocenters. The minimum Gasteiger partial charge on any atom is -0.457 e. The lowest BCUT2D eigenvalue weighted by atomic mass is 10.1. The molecule has 0 amide bonds. The molecule has 0 saturated carbocycles. The van der Waals surface area contributed by atoms with Crippen molar-refractivity contribution in [1.82, 2.24) is 0 Å². The van der Waals surface area contributed by atoms with Crippen LogP contribution in [0.1, 0.15) is 206 Å². The maximum absolute atomic E-state index is 12.6. The molecule has 0 radical (unpaired) electrons. The number of hydrogen-bond acceptors (Lipinski definition) is 6. The third-order valence-electron chi connectivity index (χ3n) is 10.2. The highest BCUT2D eigenvalue weighted by Crippen LogP contribution is 2.43. The zero-order valence-corrected chi connectivity index (χ0v) is 39.0. The van der Waals surface area contributed by atoms with Crippen molar-refractivity contribution in [2.75, 3.05) is 54.1 Å². The van der Waals surface area contributed by atoms with Gasteiger partial charge in [-0.05, 0) is 51.4 Å². The van der Waals surface area contributed by atoms with Crippen molar-refractivity contribution in [2.45, 2.75) is 213 Å². The zero-order chi connectivity index (χ0) is 42.0. The normalized spacial score (nSPS) is 14.0. The van der Waals surface area contributed by atoms with E-state index in [4.69, 9.17) is 18.5 Å². The number of phosphoric ester groups is 1. The Hall–Kier alpha value is -1.28. The van der Waals surface area contributed by atoms with E-state index in [1.807, 2.05) is 21.1 Å². The molecule has 0 saturated heterocycles. The Morgan fingerprint density at radius 1 is 0.544 bits per heavy atom. The summed E-state index contributed by atoms with van der Waals surface area (Å²) in [5, 5.41) is 0. The molecule has 0 aromatic heterocycles. The van der Waals surface area contributed by atoms with Crippen LogP contribution in [0.5, 0.6) is 0 Å². The number of carbonyl (C=O) groups is 1. The lowest BCUT2D eigenvalue weighted by molar-refractivity contribution is -0.870. The number of unbranched alkanes of at least 4 members (excludes halogenated alkanes) is 24. The van der Waals surface area contributed by atoms with Gasteiger partial charge in [-0.3, -0.25) is 13.8 Å². The summed E-state index contributed by atoms with van der Waals surface area (Å²) in [5.74, 6) is -0.317. The molecule has 0 aromatic rings. The van der Waals surface area contributed by atoms with Gasteiger partial charge in [-0.2, -0.15) is 0 Å². The Morgan fingerprint density at radius 3 is 1.44 bits per heavy atom. The number of allylic oxidation sites excluding steroid dienone is 6. The second-order valence-electron chi connectivity index (χ2n) is 17.1. The summed E-state index contributed by atoms with van der Waals surface area (Å²) in [6.45, 7) is 5.60. The fourth-order valence-corrected chi connectivity index (χ4v) is 7.24. The average Bonchev–Trinajstić information content (AvgIpc) is 3.16. The molecule has 0 bridgehead atoms. The summed E-state index contributed by atoms with van der Waals surface area (Å²) in [6, 6.07) is 0. The van der Waals surface area contributed by atoms with Gasteiger partial charge < -0.3 is 18.9 Å². The van der Waals surface area contributed by atoms with Crippen molar-refractivity contribution in [2.24, 2.45) is 0 Å². The molecular weight excluding hydrogens is 734 g/mol. The monoisotopic (exact) mass is 827 g/mol. The first-order chi connectivity index (χ1) is 27.6. The van der Waals surface area contributed by atoms with Crippen molar-refractivity contribution in [1.29, 1.82) is 0 Å². The van der Waals surface area contributed by atoms with Crippen molar-refractivity contribution in [3.05, 3.63) is 36.5 Å². The highest BCUT2D eigenvalue weighted by molar-refractivity contribution is 7.47. The van der Waals surface area contributed by atoms with E-state index in [1.54, 1.807) is 0 Å². The summed E-state index contributed by atoms with van der Waals surface area (Å²) in [6.07, 6.45) is 49.1. The highest BCUT2D eigenvalue weighted by atomic mass is 31.2. The van der Waals surface area contributed by atoms with E-state index in [2.05, 4.69) is 50.3 Å². The number of rotatable bonds is 44. The van der Waals surface area contributed by atoms with Crippen LogP contribution in [0.15, 0.2) is 36.5 Å². The second-order valence-corrected chi connectivity index (χ2v) is 18.6. The van der Waals surface area contributed by atoms with Gasteiger partial charge in [-0.15, -0.1) is 0 Å². The summed E-state index contributed by atoms with van der Waals surface area (Å²) < 4.78 is 35.0. The summed E-state index contributed by atoms with van der Waals surface area (Å²) >= 11 is 0. The predicted molar refractivity (Wildman–Crippen MR) is 243 cm³/mol. The number of carbonyl (C=O) groups excluding carboxylic acids is 1. The van der Waals surface area contributed by atoms with Crippen LogP contribution in [-0.4, -0.2) is 75.6 Å². The SMILES string of the molecule is CCCCCCC/C=C\C/C=C\C/C=C\CCCCCCCCCCCCCOCC(COP(=O)(O)OCC[N+](C)(C)C)OC(=O)CCCCCCCCCCC. The van der Waals surface area contributed by atoms with Crippen LogP contribution in [0.25, 0.3) is 0 Å². The van der Waals surface area contributed by atoms with E-state index in [0.29, 0.717) is 24.1 Å². The molecule has 2 unspecified atom stereocenters. The smallest absolute Gasteiger partial charge is 0.457 e. The molecule has 0 spiro atoms. The standard InChI is InChI=1S/C48H92NO7P/c1-6-8-10-12-14-16-17-18-19-20-21-22-23-24-25-26-27-28-29-30-31-32-34-36-38-40-43-53-45-47(46-55-57(51,52)54-44-42-49(3,4)5)56-48(50)41-39-37-35-33-15-13-11-9-7-2/h17-18,20-21,23-24,47H,6-16,19,22,25-46H2,1-5H3/p+1/b18-17-,21-20-,24-23-. The number of phosphoric acid groups is 1. The average molecular weight is 827 g/mol. The maximum atomic E-state index is 12.6. The van der Waals surface area contributed by atoms with Gasteiger partial charge in [0.15, 0.2) is 0 Å². The maximum Gasteiger partial charge on any atom is 0.472 e. The molecule has 0 heterocycles. The molecule has 8 nitrogen and oxygen atoms in total. The van der Waals surface area contributed by atoms with Gasteiger partial charge in [0.25, 0.3) is 0 Å². The van der Waals surface area contributed by atoms with E-state index in [0.717, 1.165) is 44.9 Å². The fraction of sp³-hybridized carbons (Fsp3) is 0.854. The van der Waals surface area contributed by atoms with Crippen LogP contribution in [0, 0.1) is 0 Å². The molecule has 57 heavy (non-hydrogen) atoms. The van der Waals surface area contributed by atoms with Crippen LogP contribution in [-0.2, 0) is 27.9 Å². The molecule has 1 N–H and O–H groups in total. The van der Waals surface area contributed by atoms with Crippen LogP contribution >= 0.6 is 7.82 Å². The Labute approximate surface area is 353 Å². The van der Waals surface area contributed by atoms with Crippen LogP contribution in [0.4, 0.5) is 0 Å². The molecule has 0 fully saturated rings. The lowest BCUT2D eigenvalue weighted by Crippen LogP contribution is -2.37. The van der Waals surface area contributed by atoms with Crippen molar-refractivity contribution < 1.29 is 37.3 Å². The van der Waals surface area contributed by atoms with Gasteiger partial charge in [0.2, 0.25) is 0 Å². The first-order valence-corrected chi connectivity index (χ1v) is 25.2. The largest absolute Gasteiger partial charge is 0.472 e. The van der Waals surface area contributed by atoms with Crippen LogP contribution in [0.2, 0.25) is 0 Å². The fourth-order valence-electron chi connectivity index (χ4n) is 6.50. The van der Waals surface area contributed by atoms with Gasteiger partial charge in [-0.25, -0.2) is 4.57 Å². The number of quaternary nitrogens is 1. The van der Waals surface area contributed by atoms with Gasteiger partial charge >= 0.3 is 13.8 Å². The highest BCUT2D eigenvalue weighted by Gasteiger charge is 2.26. The minimum absolute atomic E-state index is 0.0889. The molecule has 0 rings (SSSR count). The van der Waals surface area contributed by atoms with Gasteiger partial charge in [-0.1, -0.05) is 185 Å². The van der Waals surface area contributed by atoms with E-state index in [9.17, 15) is 14.3 Å². The molecular formula is C48H93NO7P+. The van der Waals surface area contributed by atoms with Crippen LogP contribution in [0.3, 0.4) is 0 Å². The van der Waals surface area contributed by atoms with Crippen molar-refractivity contribution >= 4 is 13.8 Å². The quantitative estimate of drug-likeness (QED) is 0.0215. The second kappa shape index (κ2) is 41.5. The molecule has 0 aliphatic heterocycles. The number of esters is 1. The Kier molecular flexibility index (Phi) is 40.5. The van der Waals surface area contributed by atoms with Crippen LogP contribution < -0.4 is 0 Å². The van der Waals surface area contributed by atoms with Gasteiger partial charge in [0, 0.05) is 13.0 Å². The van der Waals surface area contributed by atoms with Gasteiger partial charge in [0.1, 0.15) is 19.3 Å². The Morgan fingerprint density at radius 2 is 0.965 bits per heavy atom.